The van der Waals surface area contributed by atoms with E-state index in [1.165, 1.54) is 29.1 Å². The summed E-state index contributed by atoms with van der Waals surface area (Å²) < 4.78 is 39.8. The highest BCUT2D eigenvalue weighted by molar-refractivity contribution is 7.92. The number of nitrogens with zero attached hydrogens (tertiary/aromatic N) is 4. The molecule has 2 aliphatic heterocycles. The van der Waals surface area contributed by atoms with Crippen LogP contribution in [0.3, 0.4) is 0 Å². The Morgan fingerprint density at radius 1 is 1.10 bits per heavy atom. The number of amides is 2. The molecule has 3 aromatic rings. The number of carbonyl (C=O) groups excluding carboxylic acids is 2. The van der Waals surface area contributed by atoms with Gasteiger partial charge in [-0.25, -0.2) is 4.21 Å². The molecule has 1 aromatic heterocycles. The lowest BCUT2D eigenvalue weighted by molar-refractivity contribution is 0.0979. The van der Waals surface area contributed by atoms with E-state index < -0.39 is 21.7 Å². The number of halogens is 1. The van der Waals surface area contributed by atoms with Gasteiger partial charge in [-0.1, -0.05) is 30.5 Å². The van der Waals surface area contributed by atoms with Crippen molar-refractivity contribution in [3.63, 3.8) is 0 Å². The van der Waals surface area contributed by atoms with Crippen molar-refractivity contribution in [3.05, 3.63) is 69.9 Å². The summed E-state index contributed by atoms with van der Waals surface area (Å²) >= 11 is 6.37. The second-order valence-corrected chi connectivity index (χ2v) is 14.9. The van der Waals surface area contributed by atoms with Gasteiger partial charge in [0.25, 0.3) is 11.8 Å². The monoisotopic (exact) mass is 709 g/mol. The molecule has 1 unspecified atom stereocenters. The van der Waals surface area contributed by atoms with Crippen LogP contribution in [0.1, 0.15) is 70.9 Å². The number of benzene rings is 2. The van der Waals surface area contributed by atoms with Crippen molar-refractivity contribution >= 4 is 39.0 Å². The van der Waals surface area contributed by atoms with E-state index in [-0.39, 0.29) is 34.8 Å². The van der Waals surface area contributed by atoms with Gasteiger partial charge < -0.3 is 19.1 Å². The van der Waals surface area contributed by atoms with E-state index in [1.807, 2.05) is 19.1 Å². The largest absolute Gasteiger partial charge is 0.491 e. The lowest BCUT2D eigenvalue weighted by Crippen LogP contribution is -2.35. The van der Waals surface area contributed by atoms with Crippen molar-refractivity contribution in [2.24, 2.45) is 17.3 Å². The van der Waals surface area contributed by atoms with Gasteiger partial charge in [0.15, 0.2) is 0 Å². The van der Waals surface area contributed by atoms with Gasteiger partial charge in [-0.3, -0.25) is 19.0 Å². The fraction of sp³-hybridized carbons (Fsp3) is 0.472. The van der Waals surface area contributed by atoms with Gasteiger partial charge in [-0.2, -0.15) is 0 Å². The lowest BCUT2D eigenvalue weighted by atomic mass is 9.99. The van der Waals surface area contributed by atoms with Crippen LogP contribution in [0, 0.1) is 17.8 Å². The van der Waals surface area contributed by atoms with Crippen molar-refractivity contribution in [2.45, 2.75) is 58.0 Å². The minimum atomic E-state index is -3.62. The second kappa shape index (κ2) is 16.6. The van der Waals surface area contributed by atoms with Crippen LogP contribution in [0.2, 0.25) is 5.02 Å². The predicted molar refractivity (Wildman–Crippen MR) is 191 cm³/mol. The third kappa shape index (κ3) is 9.56. The van der Waals surface area contributed by atoms with Crippen LogP contribution in [-0.2, 0) is 34.5 Å². The number of hydrogen-bond donors (Lipinski definition) is 1. The minimum absolute atomic E-state index is 0.0674. The van der Waals surface area contributed by atoms with Gasteiger partial charge in [-0.15, -0.1) is 15.4 Å². The summed E-state index contributed by atoms with van der Waals surface area (Å²) in [5.74, 6) is 5.32. The molecule has 0 spiro atoms. The number of methoxy groups -OCH3 is 2. The third-order valence-electron chi connectivity index (χ3n) is 8.58. The van der Waals surface area contributed by atoms with Gasteiger partial charge in [0.2, 0.25) is 5.88 Å². The molecule has 3 atom stereocenters. The molecule has 2 bridgehead atoms. The molecule has 262 valence electrons. The number of carbonyl (C=O) groups is 2. The van der Waals surface area contributed by atoms with Crippen LogP contribution in [-0.4, -0.2) is 71.6 Å². The molecule has 0 fully saturated rings. The van der Waals surface area contributed by atoms with Gasteiger partial charge in [0.05, 0.1) is 25.2 Å². The van der Waals surface area contributed by atoms with Crippen LogP contribution >= 0.6 is 11.6 Å². The average molecular weight is 710 g/mol. The maximum Gasteiger partial charge on any atom is 0.286 e. The molecule has 2 amide bonds. The Morgan fingerprint density at radius 2 is 1.94 bits per heavy atom. The van der Waals surface area contributed by atoms with Crippen molar-refractivity contribution in [1.29, 1.82) is 0 Å². The summed E-state index contributed by atoms with van der Waals surface area (Å²) in [6.45, 7) is 3.68. The Hall–Kier alpha value is -4.05. The Kier molecular flexibility index (Phi) is 12.3. The van der Waals surface area contributed by atoms with Crippen molar-refractivity contribution in [3.8, 4) is 23.5 Å². The van der Waals surface area contributed by atoms with E-state index in [1.54, 1.807) is 32.4 Å². The molecule has 0 saturated heterocycles. The number of ether oxygens (including phenoxy) is 3. The maximum absolute atomic E-state index is 14.4. The number of rotatable bonds is 4. The quantitative estimate of drug-likeness (QED) is 0.346. The highest BCUT2D eigenvalue weighted by Gasteiger charge is 2.25. The first-order valence-corrected chi connectivity index (χ1v) is 18.6. The van der Waals surface area contributed by atoms with Gasteiger partial charge in [-0.05, 0) is 85.9 Å². The molecule has 13 heteroatoms. The highest BCUT2D eigenvalue weighted by Crippen LogP contribution is 2.32. The zero-order chi connectivity index (χ0) is 35.0. The lowest BCUT2D eigenvalue weighted by Gasteiger charge is -2.29. The number of aromatic nitrogens is 2. The normalized spacial score (nSPS) is 22.1. The summed E-state index contributed by atoms with van der Waals surface area (Å²) in [5.41, 5.74) is 3.52. The van der Waals surface area contributed by atoms with Gasteiger partial charge >= 0.3 is 0 Å². The van der Waals surface area contributed by atoms with E-state index >= 15 is 0 Å². The molecule has 49 heavy (non-hydrogen) atoms. The first-order chi connectivity index (χ1) is 23.6. The third-order valence-corrected chi connectivity index (χ3v) is 10.8. The Bertz CT molecular complexity index is 1860. The van der Waals surface area contributed by atoms with Crippen LogP contribution < -0.4 is 19.1 Å². The fourth-order valence-corrected chi connectivity index (χ4v) is 8.13. The van der Waals surface area contributed by atoms with Crippen LogP contribution in [0.15, 0.2) is 47.0 Å². The summed E-state index contributed by atoms with van der Waals surface area (Å²) in [7, 11) is 1.06. The maximum atomic E-state index is 14.4. The molecule has 0 radical (unpaired) electrons. The SMILES string of the molecule is COc1nn(C)cc1C(=O)NS1(=O)=NC(=O)c2ccc3c(c2)N(CCC[C@H](OC)C#CC[C@H](C)C1)CCc1ccc(Cl)cc1CCCCO3. The second-order valence-electron chi connectivity index (χ2n) is 12.5. The van der Waals surface area contributed by atoms with E-state index in [4.69, 9.17) is 25.8 Å². The number of nitrogens with one attached hydrogen (secondary N) is 1. The molecule has 0 saturated carbocycles. The molecule has 0 aliphatic carbocycles. The summed E-state index contributed by atoms with van der Waals surface area (Å²) in [6, 6.07) is 11.2. The molecule has 5 rings (SSSR count). The van der Waals surface area contributed by atoms with Crippen molar-refractivity contribution in [1.82, 2.24) is 14.5 Å². The molecule has 11 nitrogen and oxygen atoms in total. The molecule has 1 N–H and O–H groups in total. The van der Waals surface area contributed by atoms with E-state index in [0.717, 1.165) is 42.8 Å². The van der Waals surface area contributed by atoms with Crippen LogP contribution in [0.4, 0.5) is 5.69 Å². The average Bonchev–Trinajstić information content (AvgIpc) is 3.45. The standard InChI is InChI=1S/C36H44ClN5O6S/c1-25-9-7-11-30(46-3)12-8-18-42-19-17-26-13-15-29(37)21-27(26)10-5-6-20-48-33-16-14-28(22-32(33)42)34(43)39-49(45,24-25)40-35(44)31-23-41(2)38-36(31)47-4/h13-16,21-23,25,30H,5-6,8-10,12,17-20,24H2,1-4H3,(H,39,40,43,44,45)/t25-,30+,49?/m0/s1. The summed E-state index contributed by atoms with van der Waals surface area (Å²) in [5, 5.41) is 4.84. The summed E-state index contributed by atoms with van der Waals surface area (Å²) in [4.78, 5) is 29.5. The number of hydrogen-bond acceptors (Lipinski definition) is 8. The molecular weight excluding hydrogens is 666 g/mol. The van der Waals surface area contributed by atoms with Crippen molar-refractivity contribution in [2.75, 3.05) is 44.6 Å². The summed E-state index contributed by atoms with van der Waals surface area (Å²) in [6.07, 6.45) is 6.50. The first kappa shape index (κ1) is 36.2. The molecular formula is C36H44ClN5O6S. The number of anilines is 1. The zero-order valence-corrected chi connectivity index (χ0v) is 30.1. The molecule has 2 aromatic carbocycles. The Morgan fingerprint density at radius 3 is 2.73 bits per heavy atom. The van der Waals surface area contributed by atoms with Gasteiger partial charge in [0.1, 0.15) is 27.3 Å². The Balaban J connectivity index is 1.56. The van der Waals surface area contributed by atoms with E-state index in [2.05, 4.69) is 37.0 Å². The predicted octanol–water partition coefficient (Wildman–Crippen LogP) is 5.64. The fourth-order valence-electron chi connectivity index (χ4n) is 6.07. The topological polar surface area (TPSA) is 124 Å². The van der Waals surface area contributed by atoms with Gasteiger partial charge in [0, 0.05) is 50.5 Å². The first-order valence-electron chi connectivity index (χ1n) is 16.6. The van der Waals surface area contributed by atoms with Crippen molar-refractivity contribution < 1.29 is 28.0 Å². The number of fused-ring (bicyclic) bond motifs is 2. The number of aryl methyl sites for hydroxylation is 2. The van der Waals surface area contributed by atoms with Crippen LogP contribution in [0.25, 0.3) is 0 Å². The van der Waals surface area contributed by atoms with E-state index in [9.17, 15) is 13.8 Å². The molecule has 3 heterocycles. The highest BCUT2D eigenvalue weighted by atomic mass is 35.5. The van der Waals surface area contributed by atoms with Crippen LogP contribution in [0.5, 0.6) is 11.6 Å². The minimum Gasteiger partial charge on any atom is -0.491 e. The molecule has 2 aliphatic rings. The van der Waals surface area contributed by atoms with E-state index in [0.29, 0.717) is 38.3 Å². The smallest absolute Gasteiger partial charge is 0.286 e. The Labute approximate surface area is 293 Å². The zero-order valence-electron chi connectivity index (χ0n) is 28.5.